The number of alkyl halides is 3. The Kier molecular flexibility index (Phi) is 7.93. The molecular formula is C19H20F4N2O4S. The summed E-state index contributed by atoms with van der Waals surface area (Å²) in [6, 6.07) is 10.6. The van der Waals surface area contributed by atoms with Gasteiger partial charge >= 0.3 is 6.18 Å². The van der Waals surface area contributed by atoms with Crippen LogP contribution in [0.15, 0.2) is 53.4 Å². The monoisotopic (exact) mass is 448 g/mol. The summed E-state index contributed by atoms with van der Waals surface area (Å²) in [6.45, 7) is -1.87. The number of carbonyl (C=O) groups is 1. The number of hydrogen-bond acceptors (Lipinski definition) is 4. The highest BCUT2D eigenvalue weighted by molar-refractivity contribution is 7.89. The number of nitrogens with one attached hydrogen (secondary N) is 1. The Bertz CT molecular complexity index is 946. The van der Waals surface area contributed by atoms with E-state index in [1.54, 1.807) is 24.3 Å². The van der Waals surface area contributed by atoms with Gasteiger partial charge in [-0.3, -0.25) is 4.79 Å². The van der Waals surface area contributed by atoms with E-state index in [0.717, 1.165) is 28.6 Å². The lowest BCUT2D eigenvalue weighted by Gasteiger charge is -2.17. The fourth-order valence-corrected chi connectivity index (χ4v) is 3.50. The van der Waals surface area contributed by atoms with Gasteiger partial charge in [0.2, 0.25) is 15.9 Å². The van der Waals surface area contributed by atoms with E-state index >= 15 is 0 Å². The summed E-state index contributed by atoms with van der Waals surface area (Å²) in [4.78, 5) is 11.9. The van der Waals surface area contributed by atoms with Crippen molar-refractivity contribution in [1.82, 2.24) is 9.62 Å². The maximum Gasteiger partial charge on any atom is 0.411 e. The summed E-state index contributed by atoms with van der Waals surface area (Å²) in [5, 5.41) is 2.56. The van der Waals surface area contributed by atoms with Gasteiger partial charge in [0, 0.05) is 13.6 Å². The summed E-state index contributed by atoms with van der Waals surface area (Å²) >= 11 is 0. The second-order valence-corrected chi connectivity index (χ2v) is 8.46. The lowest BCUT2D eigenvalue weighted by Crippen LogP contribution is -2.38. The van der Waals surface area contributed by atoms with Gasteiger partial charge in [0.1, 0.15) is 12.4 Å². The van der Waals surface area contributed by atoms with Crippen LogP contribution in [0.25, 0.3) is 0 Å². The number of ether oxygens (including phenoxy) is 1. The molecule has 6 nitrogen and oxygen atoms in total. The number of halogens is 4. The smallest absolute Gasteiger partial charge is 0.367 e. The number of nitrogens with zero attached hydrogens (tertiary/aromatic N) is 1. The quantitative estimate of drug-likeness (QED) is 0.599. The molecule has 2 aromatic carbocycles. The molecule has 0 aliphatic rings. The third-order valence-corrected chi connectivity index (χ3v) is 5.75. The molecular weight excluding hydrogens is 428 g/mol. The average Bonchev–Trinajstić information content (AvgIpc) is 2.66. The largest absolute Gasteiger partial charge is 0.411 e. The Balaban J connectivity index is 1.83. The highest BCUT2D eigenvalue weighted by Crippen LogP contribution is 2.16. The number of benzene rings is 2. The zero-order chi connectivity index (χ0) is 22.4. The van der Waals surface area contributed by atoms with Crippen LogP contribution >= 0.6 is 0 Å². The molecule has 2 rings (SSSR count). The Morgan fingerprint density at radius 3 is 2.17 bits per heavy atom. The number of sulfonamides is 1. The first-order valence-electron chi connectivity index (χ1n) is 8.68. The summed E-state index contributed by atoms with van der Waals surface area (Å²) in [5.74, 6) is -1.13. The van der Waals surface area contributed by atoms with Gasteiger partial charge in [-0.1, -0.05) is 24.3 Å². The van der Waals surface area contributed by atoms with E-state index < -0.39 is 41.1 Å². The van der Waals surface area contributed by atoms with Crippen molar-refractivity contribution in [2.45, 2.75) is 24.2 Å². The number of hydrogen-bond donors (Lipinski definition) is 1. The lowest BCUT2D eigenvalue weighted by molar-refractivity contribution is -0.176. The van der Waals surface area contributed by atoms with Gasteiger partial charge in [0.25, 0.3) is 0 Å². The molecule has 0 aliphatic carbocycles. The maximum absolute atomic E-state index is 13.0. The Hall–Kier alpha value is -2.50. The molecule has 0 saturated carbocycles. The number of rotatable bonds is 9. The van der Waals surface area contributed by atoms with Gasteiger partial charge in [-0.05, 0) is 35.4 Å². The zero-order valence-corrected chi connectivity index (χ0v) is 16.8. The molecule has 2 aromatic rings. The van der Waals surface area contributed by atoms with Gasteiger partial charge in [-0.25, -0.2) is 12.8 Å². The van der Waals surface area contributed by atoms with Crippen LogP contribution in [-0.2, 0) is 32.7 Å². The first-order chi connectivity index (χ1) is 14.0. The summed E-state index contributed by atoms with van der Waals surface area (Å²) in [5.41, 5.74) is 1.21. The van der Waals surface area contributed by atoms with Crippen LogP contribution in [0, 0.1) is 5.82 Å². The van der Waals surface area contributed by atoms with Crippen molar-refractivity contribution in [3.8, 4) is 0 Å². The normalized spacial score (nSPS) is 12.2. The van der Waals surface area contributed by atoms with Crippen molar-refractivity contribution >= 4 is 15.9 Å². The molecule has 1 N–H and O–H groups in total. The van der Waals surface area contributed by atoms with Gasteiger partial charge in [-0.2, -0.15) is 17.5 Å². The third kappa shape index (κ3) is 7.39. The molecule has 0 aliphatic heterocycles. The standard InChI is InChI=1S/C19H20F4N2O4S/c1-25(30(27,28)17-8-6-16(20)7-9-17)11-18(26)24-10-14-2-4-15(5-3-14)12-29-13-19(21,22)23/h2-9H,10-13H2,1H3,(H,24,26). The predicted molar refractivity (Wildman–Crippen MR) is 100 cm³/mol. The van der Waals surface area contributed by atoms with E-state index in [0.29, 0.717) is 11.1 Å². The molecule has 1 amide bonds. The second kappa shape index (κ2) is 10.0. The van der Waals surface area contributed by atoms with Crippen LogP contribution in [0.1, 0.15) is 11.1 Å². The first kappa shape index (κ1) is 23.8. The minimum atomic E-state index is -4.39. The van der Waals surface area contributed by atoms with Crippen LogP contribution < -0.4 is 5.32 Å². The molecule has 30 heavy (non-hydrogen) atoms. The minimum absolute atomic E-state index is 0.104. The summed E-state index contributed by atoms with van der Waals surface area (Å²) in [6.07, 6.45) is -4.39. The third-order valence-electron chi connectivity index (χ3n) is 3.94. The van der Waals surface area contributed by atoms with E-state index in [9.17, 15) is 30.8 Å². The van der Waals surface area contributed by atoms with Crippen molar-refractivity contribution in [2.24, 2.45) is 0 Å². The SMILES string of the molecule is CN(CC(=O)NCc1ccc(COCC(F)(F)F)cc1)S(=O)(=O)c1ccc(F)cc1. The van der Waals surface area contributed by atoms with Crippen molar-refractivity contribution in [1.29, 1.82) is 0 Å². The van der Waals surface area contributed by atoms with E-state index in [-0.39, 0.29) is 18.0 Å². The van der Waals surface area contributed by atoms with E-state index in [4.69, 9.17) is 0 Å². The molecule has 0 spiro atoms. The topological polar surface area (TPSA) is 75.7 Å². The molecule has 0 radical (unpaired) electrons. The van der Waals surface area contributed by atoms with Crippen LogP contribution in [-0.4, -0.2) is 45.0 Å². The number of carbonyl (C=O) groups excluding carboxylic acids is 1. The molecule has 0 bridgehead atoms. The van der Waals surface area contributed by atoms with Gasteiger partial charge in [0.15, 0.2) is 0 Å². The first-order valence-corrected chi connectivity index (χ1v) is 10.1. The van der Waals surface area contributed by atoms with Crippen LogP contribution in [0.2, 0.25) is 0 Å². The number of likely N-dealkylation sites (N-methyl/N-ethyl adjacent to an activating group) is 1. The lowest BCUT2D eigenvalue weighted by atomic mass is 10.1. The maximum atomic E-state index is 13.0. The molecule has 0 heterocycles. The van der Waals surface area contributed by atoms with Crippen molar-refractivity contribution in [2.75, 3.05) is 20.2 Å². The zero-order valence-electron chi connectivity index (χ0n) is 15.9. The fraction of sp³-hybridized carbons (Fsp3) is 0.316. The molecule has 0 fully saturated rings. The van der Waals surface area contributed by atoms with Crippen LogP contribution in [0.5, 0.6) is 0 Å². The van der Waals surface area contributed by atoms with Crippen molar-refractivity contribution in [3.05, 3.63) is 65.5 Å². The Morgan fingerprint density at radius 1 is 1.03 bits per heavy atom. The summed E-state index contributed by atoms with van der Waals surface area (Å²) < 4.78 is 79.3. The summed E-state index contributed by atoms with van der Waals surface area (Å²) in [7, 11) is -2.72. The van der Waals surface area contributed by atoms with E-state index in [1.165, 1.54) is 7.05 Å². The molecule has 0 saturated heterocycles. The molecule has 164 valence electrons. The fourth-order valence-electron chi connectivity index (χ4n) is 2.37. The highest BCUT2D eigenvalue weighted by atomic mass is 32.2. The Morgan fingerprint density at radius 2 is 1.60 bits per heavy atom. The van der Waals surface area contributed by atoms with Crippen LogP contribution in [0.3, 0.4) is 0 Å². The van der Waals surface area contributed by atoms with Crippen LogP contribution in [0.4, 0.5) is 17.6 Å². The second-order valence-electron chi connectivity index (χ2n) is 6.42. The van der Waals surface area contributed by atoms with Crippen molar-refractivity contribution in [3.63, 3.8) is 0 Å². The molecule has 0 aromatic heterocycles. The highest BCUT2D eigenvalue weighted by Gasteiger charge is 2.27. The minimum Gasteiger partial charge on any atom is -0.367 e. The number of amides is 1. The van der Waals surface area contributed by atoms with E-state index in [2.05, 4.69) is 10.1 Å². The molecule has 0 unspecified atom stereocenters. The van der Waals surface area contributed by atoms with Gasteiger partial charge in [-0.15, -0.1) is 0 Å². The van der Waals surface area contributed by atoms with Gasteiger partial charge in [0.05, 0.1) is 18.0 Å². The average molecular weight is 448 g/mol. The van der Waals surface area contributed by atoms with Gasteiger partial charge < -0.3 is 10.1 Å². The van der Waals surface area contributed by atoms with E-state index in [1.807, 2.05) is 0 Å². The Labute approximate surface area is 171 Å². The molecule has 0 atom stereocenters. The molecule has 11 heteroatoms. The van der Waals surface area contributed by atoms with Crippen molar-refractivity contribution < 1.29 is 35.5 Å². The predicted octanol–water partition coefficient (Wildman–Crippen LogP) is 2.84.